The monoisotopic (exact) mass is 246 g/mol. The van der Waals surface area contributed by atoms with Gasteiger partial charge in [-0.15, -0.1) is 0 Å². The Hall–Kier alpha value is -2.30. The molecule has 0 saturated heterocycles. The molecule has 0 saturated carbocycles. The summed E-state index contributed by atoms with van der Waals surface area (Å²) in [4.78, 5) is 3.93. The Morgan fingerprint density at radius 3 is 2.67 bits per heavy atom. The van der Waals surface area contributed by atoms with Gasteiger partial charge in [-0.1, -0.05) is 30.3 Å². The second-order valence-corrected chi connectivity index (χ2v) is 3.77. The maximum absolute atomic E-state index is 11.3. The van der Waals surface area contributed by atoms with Gasteiger partial charge >= 0.3 is 5.88 Å². The van der Waals surface area contributed by atoms with Crippen LogP contribution >= 0.6 is 0 Å². The van der Waals surface area contributed by atoms with E-state index in [1.807, 2.05) is 30.3 Å². The lowest BCUT2D eigenvalue weighted by Gasteiger charge is -2.10. The molecule has 18 heavy (non-hydrogen) atoms. The number of methoxy groups -OCH3 is 1. The molecule has 0 aliphatic heterocycles. The molecule has 1 aromatic heterocycles. The molecule has 1 aromatic carbocycles. The first-order valence-electron chi connectivity index (χ1n) is 5.52. The molecule has 0 aliphatic carbocycles. The number of ether oxygens (including phenoxy) is 2. The molecule has 94 valence electrons. The van der Waals surface area contributed by atoms with Crippen molar-refractivity contribution in [3.8, 4) is 11.6 Å². The topological polar surface area (TPSA) is 58.3 Å². The van der Waals surface area contributed by atoms with E-state index in [0.717, 1.165) is 11.9 Å². The third-order valence-corrected chi connectivity index (χ3v) is 2.56. The van der Waals surface area contributed by atoms with Crippen molar-refractivity contribution < 1.29 is 14.2 Å². The number of hydrogen-bond acceptors (Lipinski definition) is 4. The summed E-state index contributed by atoms with van der Waals surface area (Å²) in [6.07, 6.45) is 1.16. The van der Waals surface area contributed by atoms with Crippen LogP contribution in [0.1, 0.15) is 11.3 Å². The van der Waals surface area contributed by atoms with Gasteiger partial charge in [0.2, 0.25) is 0 Å². The smallest absolute Gasteiger partial charge is 0.375 e. The Bertz CT molecular complexity index is 529. The molecule has 0 spiro atoms. The number of aromatic nitrogens is 2. The molecule has 0 bridgehead atoms. The minimum Gasteiger partial charge on any atom is -0.711 e. The van der Waals surface area contributed by atoms with Crippen molar-refractivity contribution in [1.29, 1.82) is 0 Å². The van der Waals surface area contributed by atoms with Crippen LogP contribution in [0.4, 0.5) is 0 Å². The predicted octanol–water partition coefficient (Wildman–Crippen LogP) is 1.61. The lowest BCUT2D eigenvalue weighted by molar-refractivity contribution is -0.616. The quantitative estimate of drug-likeness (QED) is 0.607. The van der Waals surface area contributed by atoms with E-state index in [2.05, 4.69) is 4.98 Å². The molecular weight excluding hydrogens is 232 g/mol. The second kappa shape index (κ2) is 5.35. The van der Waals surface area contributed by atoms with Gasteiger partial charge in [0.05, 0.1) is 7.11 Å². The summed E-state index contributed by atoms with van der Waals surface area (Å²) in [6, 6.07) is 9.72. The maximum atomic E-state index is 11.3. The van der Waals surface area contributed by atoms with E-state index in [-0.39, 0.29) is 0 Å². The largest absolute Gasteiger partial charge is 0.711 e. The Balaban J connectivity index is 2.17. The Labute approximate surface area is 105 Å². The van der Waals surface area contributed by atoms with Crippen LogP contribution in [0.25, 0.3) is 0 Å². The fraction of sp³-hybridized carbons (Fsp3) is 0.231. The summed E-state index contributed by atoms with van der Waals surface area (Å²) in [5.41, 5.74) is 1.45. The van der Waals surface area contributed by atoms with Crippen molar-refractivity contribution in [2.24, 2.45) is 0 Å². The van der Waals surface area contributed by atoms with Gasteiger partial charge in [-0.25, -0.2) is 4.73 Å². The molecule has 5 nitrogen and oxygen atoms in total. The van der Waals surface area contributed by atoms with E-state index in [0.29, 0.717) is 28.7 Å². The van der Waals surface area contributed by atoms with Gasteiger partial charge in [0.1, 0.15) is 6.61 Å². The third kappa shape index (κ3) is 2.51. The minimum absolute atomic E-state index is 0.325. The van der Waals surface area contributed by atoms with Crippen molar-refractivity contribution >= 4 is 0 Å². The Morgan fingerprint density at radius 1 is 1.28 bits per heavy atom. The first-order valence-corrected chi connectivity index (χ1v) is 5.52. The van der Waals surface area contributed by atoms with Crippen LogP contribution in [0.15, 0.2) is 36.7 Å². The maximum Gasteiger partial charge on any atom is 0.375 e. The molecule has 2 rings (SSSR count). The number of rotatable bonds is 4. The SMILES string of the molecule is COc1c(OCc2ccccc2)nc[n+]([O-])c1C. The highest BCUT2D eigenvalue weighted by Crippen LogP contribution is 2.25. The van der Waals surface area contributed by atoms with E-state index in [1.165, 1.54) is 7.11 Å². The number of hydrogen-bond donors (Lipinski definition) is 0. The predicted molar refractivity (Wildman–Crippen MR) is 65.3 cm³/mol. The number of nitrogens with zero attached hydrogens (tertiary/aromatic N) is 2. The van der Waals surface area contributed by atoms with Crippen LogP contribution in [-0.4, -0.2) is 12.1 Å². The summed E-state index contributed by atoms with van der Waals surface area (Å²) in [5, 5.41) is 11.3. The first-order chi connectivity index (χ1) is 8.72. The standard InChI is InChI=1S/C13H14N2O3/c1-10-12(17-2)13(14-9-15(10)16)18-8-11-6-4-3-5-7-11/h3-7,9H,8H2,1-2H3. The molecule has 0 aliphatic rings. The fourth-order valence-electron chi connectivity index (χ4n) is 1.57. The minimum atomic E-state index is 0.325. The summed E-state index contributed by atoms with van der Waals surface area (Å²) >= 11 is 0. The molecule has 0 radical (unpaired) electrons. The van der Waals surface area contributed by atoms with E-state index < -0.39 is 0 Å². The highest BCUT2D eigenvalue weighted by Gasteiger charge is 2.18. The molecule has 0 amide bonds. The van der Waals surface area contributed by atoms with Crippen molar-refractivity contribution in [2.45, 2.75) is 13.5 Å². The molecule has 0 atom stereocenters. The van der Waals surface area contributed by atoms with Gasteiger partial charge in [-0.2, -0.15) is 0 Å². The molecule has 1 heterocycles. The van der Waals surface area contributed by atoms with E-state index in [1.54, 1.807) is 6.92 Å². The third-order valence-electron chi connectivity index (χ3n) is 2.56. The zero-order valence-electron chi connectivity index (χ0n) is 10.3. The van der Waals surface area contributed by atoms with Crippen LogP contribution in [0.2, 0.25) is 0 Å². The van der Waals surface area contributed by atoms with Gasteiger partial charge in [-0.3, -0.25) is 0 Å². The molecule has 0 N–H and O–H groups in total. The number of benzene rings is 1. The molecular formula is C13H14N2O3. The lowest BCUT2D eigenvalue weighted by atomic mass is 10.2. The zero-order chi connectivity index (χ0) is 13.0. The van der Waals surface area contributed by atoms with Gasteiger partial charge in [-0.05, 0) is 10.5 Å². The Kier molecular flexibility index (Phi) is 3.62. The van der Waals surface area contributed by atoms with E-state index >= 15 is 0 Å². The van der Waals surface area contributed by atoms with Gasteiger partial charge < -0.3 is 14.7 Å². The molecule has 0 fully saturated rings. The summed E-state index contributed by atoms with van der Waals surface area (Å²) < 4.78 is 11.3. The van der Waals surface area contributed by atoms with Gasteiger partial charge in [0.25, 0.3) is 12.1 Å². The van der Waals surface area contributed by atoms with Gasteiger partial charge in [0, 0.05) is 6.92 Å². The average Bonchev–Trinajstić information content (AvgIpc) is 2.41. The summed E-state index contributed by atoms with van der Waals surface area (Å²) in [6.45, 7) is 2.04. The summed E-state index contributed by atoms with van der Waals surface area (Å²) in [7, 11) is 1.49. The Morgan fingerprint density at radius 2 is 2.00 bits per heavy atom. The second-order valence-electron chi connectivity index (χ2n) is 3.77. The normalized spacial score (nSPS) is 10.1. The summed E-state index contributed by atoms with van der Waals surface area (Å²) in [5.74, 6) is 0.689. The lowest BCUT2D eigenvalue weighted by Crippen LogP contribution is -2.31. The zero-order valence-corrected chi connectivity index (χ0v) is 10.3. The van der Waals surface area contributed by atoms with Crippen molar-refractivity contribution in [2.75, 3.05) is 7.11 Å². The molecule has 2 aromatic rings. The fourth-order valence-corrected chi connectivity index (χ4v) is 1.57. The van der Waals surface area contributed by atoms with Gasteiger partial charge in [0.15, 0.2) is 5.69 Å². The van der Waals surface area contributed by atoms with Crippen LogP contribution in [0.5, 0.6) is 11.6 Å². The first kappa shape index (κ1) is 12.2. The highest BCUT2D eigenvalue weighted by molar-refractivity contribution is 5.34. The highest BCUT2D eigenvalue weighted by atomic mass is 16.5. The van der Waals surface area contributed by atoms with Crippen LogP contribution in [-0.2, 0) is 6.61 Å². The molecule has 0 unspecified atom stereocenters. The van der Waals surface area contributed by atoms with Crippen molar-refractivity contribution in [3.05, 3.63) is 53.1 Å². The van der Waals surface area contributed by atoms with Crippen molar-refractivity contribution in [3.63, 3.8) is 0 Å². The van der Waals surface area contributed by atoms with Crippen LogP contribution in [0, 0.1) is 12.1 Å². The van der Waals surface area contributed by atoms with E-state index in [4.69, 9.17) is 9.47 Å². The van der Waals surface area contributed by atoms with Crippen LogP contribution < -0.4 is 14.2 Å². The molecule has 5 heteroatoms. The van der Waals surface area contributed by atoms with Crippen molar-refractivity contribution in [1.82, 2.24) is 4.98 Å². The van der Waals surface area contributed by atoms with E-state index in [9.17, 15) is 5.21 Å². The average molecular weight is 246 g/mol. The van der Waals surface area contributed by atoms with Crippen LogP contribution in [0.3, 0.4) is 0 Å².